The molecule has 0 aliphatic carbocycles. The summed E-state index contributed by atoms with van der Waals surface area (Å²) in [5.41, 5.74) is 6.06. The van der Waals surface area contributed by atoms with Crippen LogP contribution < -0.4 is 5.32 Å². The summed E-state index contributed by atoms with van der Waals surface area (Å²) in [5.74, 6) is -0.126. The van der Waals surface area contributed by atoms with Crippen LogP contribution in [0.4, 0.5) is 0 Å². The van der Waals surface area contributed by atoms with Crippen molar-refractivity contribution < 1.29 is 14.3 Å². The summed E-state index contributed by atoms with van der Waals surface area (Å²) in [6, 6.07) is 16.3. The van der Waals surface area contributed by atoms with Gasteiger partial charge in [-0.25, -0.2) is 0 Å². The molecule has 0 saturated carbocycles. The highest BCUT2D eigenvalue weighted by Gasteiger charge is 2.38. The molecule has 2 aromatic heterocycles. The average molecular weight is 495 g/mol. The normalized spacial score (nSPS) is 20.7. The highest BCUT2D eigenvalue weighted by molar-refractivity contribution is 6.51. The van der Waals surface area contributed by atoms with Crippen LogP contribution in [-0.4, -0.2) is 58.7 Å². The van der Waals surface area contributed by atoms with Crippen LogP contribution in [0.15, 0.2) is 54.7 Å². The molecule has 3 aliphatic rings. The van der Waals surface area contributed by atoms with Crippen molar-refractivity contribution in [2.45, 2.75) is 19.4 Å². The Hall–Kier alpha value is -3.68. The van der Waals surface area contributed by atoms with E-state index < -0.39 is 0 Å². The number of nitrogens with zero attached hydrogens (tertiary/aromatic N) is 3. The second-order valence-electron chi connectivity index (χ2n) is 10.5. The first-order valence-electron chi connectivity index (χ1n) is 13.1. The molecule has 188 valence electrons. The number of para-hydroxylation sites is 2. The highest BCUT2D eigenvalue weighted by atomic mass is 16.5. The lowest BCUT2D eigenvalue weighted by Crippen LogP contribution is -2.40. The number of aryl methyl sites for hydroxylation is 2. The van der Waals surface area contributed by atoms with Gasteiger partial charge in [0.15, 0.2) is 0 Å². The van der Waals surface area contributed by atoms with Crippen LogP contribution >= 0.6 is 0 Å². The van der Waals surface area contributed by atoms with Crippen molar-refractivity contribution in [2.75, 3.05) is 32.8 Å². The summed E-state index contributed by atoms with van der Waals surface area (Å²) in [7, 11) is 1.98. The second kappa shape index (κ2) is 8.71. The Morgan fingerprint density at radius 3 is 2.41 bits per heavy atom. The van der Waals surface area contributed by atoms with E-state index in [2.05, 4.69) is 33.0 Å². The van der Waals surface area contributed by atoms with E-state index in [1.165, 1.54) is 5.69 Å². The first kappa shape index (κ1) is 22.5. The van der Waals surface area contributed by atoms with E-state index >= 15 is 0 Å². The van der Waals surface area contributed by atoms with E-state index in [1.807, 2.05) is 48.1 Å². The lowest BCUT2D eigenvalue weighted by molar-refractivity contribution is -0.122. The van der Waals surface area contributed by atoms with Gasteiger partial charge in [-0.05, 0) is 30.9 Å². The lowest BCUT2D eigenvalue weighted by Gasteiger charge is -2.33. The molecule has 4 aromatic rings. The molecule has 1 atom stereocenters. The van der Waals surface area contributed by atoms with Gasteiger partial charge in [-0.3, -0.25) is 19.8 Å². The smallest absolute Gasteiger partial charge is 0.259 e. The first-order valence-corrected chi connectivity index (χ1v) is 13.1. The molecule has 2 amide bonds. The fourth-order valence-corrected chi connectivity index (χ4v) is 6.59. The molecule has 2 aromatic carbocycles. The summed E-state index contributed by atoms with van der Waals surface area (Å²) in [5, 5.41) is 4.65. The SMILES string of the molecule is Cn1cc(C2=C(c3c4n(c5ccccc35)CCC(CN3CCOCC3)C4)C(=O)NC2=O)c2ccccc21. The maximum Gasteiger partial charge on any atom is 0.259 e. The Bertz CT molecular complexity index is 1600. The van der Waals surface area contributed by atoms with Crippen molar-refractivity contribution in [3.05, 3.63) is 71.5 Å². The number of morpholine rings is 1. The summed E-state index contributed by atoms with van der Waals surface area (Å²) in [6.45, 7) is 5.48. The Labute approximate surface area is 215 Å². The van der Waals surface area contributed by atoms with E-state index in [0.29, 0.717) is 17.1 Å². The first-order chi connectivity index (χ1) is 18.1. The molecule has 7 nitrogen and oxygen atoms in total. The quantitative estimate of drug-likeness (QED) is 0.441. The van der Waals surface area contributed by atoms with Gasteiger partial charge < -0.3 is 13.9 Å². The molecule has 37 heavy (non-hydrogen) atoms. The van der Waals surface area contributed by atoms with Gasteiger partial charge in [-0.1, -0.05) is 36.4 Å². The zero-order chi connectivity index (χ0) is 25.1. The number of benzene rings is 2. The summed E-state index contributed by atoms with van der Waals surface area (Å²) in [6.07, 6.45) is 3.96. The van der Waals surface area contributed by atoms with Crippen LogP contribution in [0.5, 0.6) is 0 Å². The van der Waals surface area contributed by atoms with Gasteiger partial charge in [-0.15, -0.1) is 0 Å². The predicted octanol–water partition coefficient (Wildman–Crippen LogP) is 3.59. The van der Waals surface area contributed by atoms with Crippen molar-refractivity contribution in [3.8, 4) is 0 Å². The Morgan fingerprint density at radius 2 is 1.59 bits per heavy atom. The third-order valence-electron chi connectivity index (χ3n) is 8.29. The summed E-state index contributed by atoms with van der Waals surface area (Å²) in [4.78, 5) is 29.4. The van der Waals surface area contributed by atoms with Gasteiger partial charge >= 0.3 is 0 Å². The van der Waals surface area contributed by atoms with Crippen LogP contribution in [0.25, 0.3) is 33.0 Å². The molecule has 3 aliphatic heterocycles. The van der Waals surface area contributed by atoms with Crippen LogP contribution in [0.2, 0.25) is 0 Å². The molecule has 0 radical (unpaired) electrons. The number of nitrogens with one attached hydrogen (secondary N) is 1. The van der Waals surface area contributed by atoms with Crippen LogP contribution in [0, 0.1) is 5.92 Å². The molecule has 1 fully saturated rings. The minimum Gasteiger partial charge on any atom is -0.379 e. The molecule has 0 spiro atoms. The molecular weight excluding hydrogens is 464 g/mol. The molecule has 7 rings (SSSR count). The van der Waals surface area contributed by atoms with Crippen LogP contribution in [0.3, 0.4) is 0 Å². The minimum atomic E-state index is -0.318. The number of carbonyl (C=O) groups excluding carboxylic acids is 2. The molecule has 7 heteroatoms. The van der Waals surface area contributed by atoms with Crippen LogP contribution in [-0.2, 0) is 34.3 Å². The minimum absolute atomic E-state index is 0.303. The monoisotopic (exact) mass is 494 g/mol. The van der Waals surface area contributed by atoms with Gasteiger partial charge in [0.25, 0.3) is 11.8 Å². The molecular formula is C30H30N4O3. The number of amides is 2. The van der Waals surface area contributed by atoms with Gasteiger partial charge in [-0.2, -0.15) is 0 Å². The number of fused-ring (bicyclic) bond motifs is 4. The standard InChI is InChI=1S/C30H30N4O3/c1-32-18-22(20-6-2-4-8-23(20)32)27-28(30(36)31-29(27)35)26-21-7-3-5-9-24(21)34-11-10-19(16-25(26)34)17-33-12-14-37-15-13-33/h2-9,18-19H,10-17H2,1H3,(H,31,35,36). The van der Waals surface area contributed by atoms with E-state index in [-0.39, 0.29) is 11.8 Å². The second-order valence-corrected chi connectivity index (χ2v) is 10.5. The summed E-state index contributed by atoms with van der Waals surface area (Å²) < 4.78 is 9.95. The van der Waals surface area contributed by atoms with Gasteiger partial charge in [0.05, 0.1) is 24.4 Å². The zero-order valence-electron chi connectivity index (χ0n) is 21.0. The van der Waals surface area contributed by atoms with Gasteiger partial charge in [0.1, 0.15) is 0 Å². The number of rotatable bonds is 4. The van der Waals surface area contributed by atoms with Crippen molar-refractivity contribution >= 4 is 44.8 Å². The number of aromatic nitrogens is 2. The number of hydrogen-bond donors (Lipinski definition) is 1. The Morgan fingerprint density at radius 1 is 0.892 bits per heavy atom. The lowest BCUT2D eigenvalue weighted by atomic mass is 9.89. The van der Waals surface area contributed by atoms with Crippen molar-refractivity contribution in [1.82, 2.24) is 19.4 Å². The number of ether oxygens (including phenoxy) is 1. The Balaban J connectivity index is 1.42. The van der Waals surface area contributed by atoms with E-state index in [0.717, 1.165) is 85.2 Å². The third kappa shape index (κ3) is 3.56. The molecule has 1 saturated heterocycles. The Kier molecular flexibility index (Phi) is 5.30. The van der Waals surface area contributed by atoms with Crippen LogP contribution in [0.1, 0.15) is 23.2 Å². The zero-order valence-corrected chi connectivity index (χ0v) is 21.0. The van der Waals surface area contributed by atoms with Gasteiger partial charge in [0.2, 0.25) is 0 Å². The maximum absolute atomic E-state index is 13.5. The van der Waals surface area contributed by atoms with E-state index in [1.54, 1.807) is 0 Å². The summed E-state index contributed by atoms with van der Waals surface area (Å²) >= 11 is 0. The molecule has 1 N–H and O–H groups in total. The molecule has 5 heterocycles. The predicted molar refractivity (Wildman–Crippen MR) is 144 cm³/mol. The largest absolute Gasteiger partial charge is 0.379 e. The fourth-order valence-electron chi connectivity index (χ4n) is 6.59. The average Bonchev–Trinajstić information content (AvgIpc) is 3.52. The number of hydrogen-bond acceptors (Lipinski definition) is 4. The number of carbonyl (C=O) groups is 2. The number of imide groups is 1. The van der Waals surface area contributed by atoms with Gasteiger partial charge in [0, 0.05) is 78.1 Å². The van der Waals surface area contributed by atoms with E-state index in [4.69, 9.17) is 4.74 Å². The van der Waals surface area contributed by atoms with Crippen molar-refractivity contribution in [2.24, 2.45) is 13.0 Å². The maximum atomic E-state index is 13.5. The van der Waals surface area contributed by atoms with E-state index in [9.17, 15) is 9.59 Å². The fraction of sp³-hybridized carbons (Fsp3) is 0.333. The molecule has 1 unspecified atom stereocenters. The third-order valence-corrected chi connectivity index (χ3v) is 8.29. The van der Waals surface area contributed by atoms with Crippen molar-refractivity contribution in [1.29, 1.82) is 0 Å². The van der Waals surface area contributed by atoms with Crippen molar-refractivity contribution in [3.63, 3.8) is 0 Å². The topological polar surface area (TPSA) is 68.5 Å². The highest BCUT2D eigenvalue weighted by Crippen LogP contribution is 2.42. The molecule has 0 bridgehead atoms.